The SMILES string of the molecule is C=CCc1ccc(C(C)=O)cc1C. The van der Waals surface area contributed by atoms with Gasteiger partial charge >= 0.3 is 0 Å². The van der Waals surface area contributed by atoms with E-state index in [1.165, 1.54) is 5.56 Å². The van der Waals surface area contributed by atoms with Gasteiger partial charge in [-0.25, -0.2) is 0 Å². The van der Waals surface area contributed by atoms with Crippen molar-refractivity contribution >= 4 is 5.78 Å². The molecule has 0 spiro atoms. The van der Waals surface area contributed by atoms with E-state index in [0.717, 1.165) is 17.5 Å². The molecule has 0 aliphatic carbocycles. The van der Waals surface area contributed by atoms with Crippen LogP contribution in [-0.4, -0.2) is 5.78 Å². The molecule has 1 aromatic rings. The minimum atomic E-state index is 0.119. The molecule has 13 heavy (non-hydrogen) atoms. The van der Waals surface area contributed by atoms with Gasteiger partial charge in [0.25, 0.3) is 0 Å². The van der Waals surface area contributed by atoms with Crippen LogP contribution in [-0.2, 0) is 6.42 Å². The zero-order chi connectivity index (χ0) is 9.84. The highest BCUT2D eigenvalue weighted by Crippen LogP contribution is 2.12. The summed E-state index contributed by atoms with van der Waals surface area (Å²) in [4.78, 5) is 11.0. The van der Waals surface area contributed by atoms with Gasteiger partial charge in [-0.3, -0.25) is 4.79 Å². The zero-order valence-electron chi connectivity index (χ0n) is 8.13. The third-order valence-electron chi connectivity index (χ3n) is 2.11. The largest absolute Gasteiger partial charge is 0.295 e. The van der Waals surface area contributed by atoms with Crippen LogP contribution in [0.25, 0.3) is 0 Å². The third kappa shape index (κ3) is 2.28. The fourth-order valence-corrected chi connectivity index (χ4v) is 1.30. The number of carbonyl (C=O) groups excluding carboxylic acids is 1. The molecule has 0 N–H and O–H groups in total. The Labute approximate surface area is 79.1 Å². The summed E-state index contributed by atoms with van der Waals surface area (Å²) in [5, 5.41) is 0. The van der Waals surface area contributed by atoms with Crippen molar-refractivity contribution in [3.05, 3.63) is 47.5 Å². The predicted octanol–water partition coefficient (Wildman–Crippen LogP) is 2.93. The highest BCUT2D eigenvalue weighted by molar-refractivity contribution is 5.94. The van der Waals surface area contributed by atoms with Crippen molar-refractivity contribution < 1.29 is 4.79 Å². The topological polar surface area (TPSA) is 17.1 Å². The Morgan fingerprint density at radius 3 is 2.69 bits per heavy atom. The summed E-state index contributed by atoms with van der Waals surface area (Å²) in [7, 11) is 0. The van der Waals surface area contributed by atoms with Crippen LogP contribution in [0, 0.1) is 6.92 Å². The normalized spacial score (nSPS) is 9.69. The quantitative estimate of drug-likeness (QED) is 0.508. The Morgan fingerprint density at radius 1 is 1.54 bits per heavy atom. The average molecular weight is 174 g/mol. The number of benzene rings is 1. The Balaban J connectivity index is 3.04. The number of hydrogen-bond acceptors (Lipinski definition) is 1. The van der Waals surface area contributed by atoms with Crippen LogP contribution >= 0.6 is 0 Å². The molecular weight excluding hydrogens is 160 g/mol. The first-order valence-electron chi connectivity index (χ1n) is 4.36. The molecule has 1 heteroatoms. The number of carbonyl (C=O) groups is 1. The highest BCUT2D eigenvalue weighted by Gasteiger charge is 2.01. The Morgan fingerprint density at radius 2 is 2.23 bits per heavy atom. The number of aryl methyl sites for hydroxylation is 1. The maximum atomic E-state index is 11.0. The Hall–Kier alpha value is -1.37. The summed E-state index contributed by atoms with van der Waals surface area (Å²) in [5.41, 5.74) is 3.18. The van der Waals surface area contributed by atoms with Gasteiger partial charge in [0, 0.05) is 5.56 Å². The van der Waals surface area contributed by atoms with E-state index >= 15 is 0 Å². The average Bonchev–Trinajstić information content (AvgIpc) is 2.08. The van der Waals surface area contributed by atoms with E-state index in [0.29, 0.717) is 0 Å². The first-order valence-corrected chi connectivity index (χ1v) is 4.36. The first kappa shape index (κ1) is 9.72. The summed E-state index contributed by atoms with van der Waals surface area (Å²) in [6.07, 6.45) is 2.74. The Bertz CT molecular complexity index is 337. The molecule has 0 atom stereocenters. The van der Waals surface area contributed by atoms with Gasteiger partial charge in [0.15, 0.2) is 5.78 Å². The van der Waals surface area contributed by atoms with E-state index in [1.54, 1.807) is 6.92 Å². The van der Waals surface area contributed by atoms with Gasteiger partial charge in [0.2, 0.25) is 0 Å². The summed E-state index contributed by atoms with van der Waals surface area (Å²) in [6, 6.07) is 5.79. The minimum Gasteiger partial charge on any atom is -0.295 e. The second-order valence-corrected chi connectivity index (χ2v) is 3.19. The molecule has 68 valence electrons. The van der Waals surface area contributed by atoms with Crippen molar-refractivity contribution in [2.45, 2.75) is 20.3 Å². The molecule has 0 saturated heterocycles. The molecule has 1 nitrogen and oxygen atoms in total. The summed E-state index contributed by atoms with van der Waals surface area (Å²) < 4.78 is 0. The summed E-state index contributed by atoms with van der Waals surface area (Å²) >= 11 is 0. The van der Waals surface area contributed by atoms with Crippen LogP contribution in [0.15, 0.2) is 30.9 Å². The van der Waals surface area contributed by atoms with Crippen molar-refractivity contribution in [3.63, 3.8) is 0 Å². The van der Waals surface area contributed by atoms with Crippen molar-refractivity contribution in [2.24, 2.45) is 0 Å². The van der Waals surface area contributed by atoms with Gasteiger partial charge in [-0.15, -0.1) is 6.58 Å². The molecule has 0 aromatic heterocycles. The standard InChI is InChI=1S/C12H14O/c1-4-5-11-6-7-12(10(3)13)8-9(11)2/h4,6-8H,1,5H2,2-3H3. The van der Waals surface area contributed by atoms with Gasteiger partial charge in [0.1, 0.15) is 0 Å². The molecule has 0 aliphatic heterocycles. The maximum Gasteiger partial charge on any atom is 0.159 e. The smallest absolute Gasteiger partial charge is 0.159 e. The first-order chi connectivity index (χ1) is 6.15. The third-order valence-corrected chi connectivity index (χ3v) is 2.11. The molecule has 1 rings (SSSR count). The molecule has 0 radical (unpaired) electrons. The van der Waals surface area contributed by atoms with Crippen LogP contribution in [0.4, 0.5) is 0 Å². The second kappa shape index (κ2) is 4.04. The van der Waals surface area contributed by atoms with Gasteiger partial charge in [0.05, 0.1) is 0 Å². The zero-order valence-corrected chi connectivity index (χ0v) is 8.13. The van der Waals surface area contributed by atoms with Crippen molar-refractivity contribution in [3.8, 4) is 0 Å². The van der Waals surface area contributed by atoms with E-state index in [2.05, 4.69) is 6.58 Å². The number of rotatable bonds is 3. The molecule has 0 heterocycles. The van der Waals surface area contributed by atoms with E-state index in [1.807, 2.05) is 31.2 Å². The number of Topliss-reactive ketones (excluding diaryl/α,β-unsaturated/α-hetero) is 1. The highest BCUT2D eigenvalue weighted by atomic mass is 16.1. The molecular formula is C12H14O. The maximum absolute atomic E-state index is 11.0. The predicted molar refractivity (Wildman–Crippen MR) is 55.1 cm³/mol. The number of ketones is 1. The lowest BCUT2D eigenvalue weighted by Gasteiger charge is -2.04. The lowest BCUT2D eigenvalue weighted by atomic mass is 10.0. The van der Waals surface area contributed by atoms with Crippen LogP contribution in [0.3, 0.4) is 0 Å². The number of allylic oxidation sites excluding steroid dienone is 1. The van der Waals surface area contributed by atoms with Gasteiger partial charge in [-0.05, 0) is 37.5 Å². The van der Waals surface area contributed by atoms with E-state index in [9.17, 15) is 4.79 Å². The van der Waals surface area contributed by atoms with Crippen LogP contribution in [0.2, 0.25) is 0 Å². The van der Waals surface area contributed by atoms with Crippen molar-refractivity contribution in [2.75, 3.05) is 0 Å². The van der Waals surface area contributed by atoms with Crippen LogP contribution in [0.1, 0.15) is 28.4 Å². The molecule has 1 aromatic carbocycles. The fourth-order valence-electron chi connectivity index (χ4n) is 1.30. The van der Waals surface area contributed by atoms with E-state index in [-0.39, 0.29) is 5.78 Å². The lowest BCUT2D eigenvalue weighted by Crippen LogP contribution is -1.95. The van der Waals surface area contributed by atoms with Crippen molar-refractivity contribution in [1.29, 1.82) is 0 Å². The van der Waals surface area contributed by atoms with E-state index < -0.39 is 0 Å². The summed E-state index contributed by atoms with van der Waals surface area (Å²) in [6.45, 7) is 7.29. The van der Waals surface area contributed by atoms with Gasteiger partial charge < -0.3 is 0 Å². The lowest BCUT2D eigenvalue weighted by molar-refractivity contribution is 0.101. The second-order valence-electron chi connectivity index (χ2n) is 3.19. The van der Waals surface area contributed by atoms with Gasteiger partial charge in [-0.1, -0.05) is 18.2 Å². The van der Waals surface area contributed by atoms with Crippen molar-refractivity contribution in [1.82, 2.24) is 0 Å². The molecule has 0 unspecified atom stereocenters. The monoisotopic (exact) mass is 174 g/mol. The van der Waals surface area contributed by atoms with Crippen LogP contribution in [0.5, 0.6) is 0 Å². The number of hydrogen-bond donors (Lipinski definition) is 0. The molecule has 0 bridgehead atoms. The van der Waals surface area contributed by atoms with E-state index in [4.69, 9.17) is 0 Å². The molecule has 0 saturated carbocycles. The fraction of sp³-hybridized carbons (Fsp3) is 0.250. The Kier molecular flexibility index (Phi) is 3.02. The minimum absolute atomic E-state index is 0.119. The molecule has 0 aliphatic rings. The molecule has 0 fully saturated rings. The summed E-state index contributed by atoms with van der Waals surface area (Å²) in [5.74, 6) is 0.119. The molecule has 0 amide bonds. The van der Waals surface area contributed by atoms with Crippen LogP contribution < -0.4 is 0 Å². The van der Waals surface area contributed by atoms with Gasteiger partial charge in [-0.2, -0.15) is 0 Å².